The lowest BCUT2D eigenvalue weighted by Crippen LogP contribution is -2.16. The first kappa shape index (κ1) is 18.9. The number of nitrogens with one attached hydrogen (secondary N) is 1. The minimum absolute atomic E-state index is 0.0518. The number of allylic oxidation sites excluding steroid dienone is 1. The first-order valence-corrected chi connectivity index (χ1v) is 8.51. The fourth-order valence-electron chi connectivity index (χ4n) is 3.02. The Balaban J connectivity index is 1.85. The number of carboxylic acids is 1. The van der Waals surface area contributed by atoms with E-state index in [0.29, 0.717) is 11.4 Å². The monoisotopic (exact) mass is 376 g/mol. The van der Waals surface area contributed by atoms with Crippen molar-refractivity contribution in [2.75, 3.05) is 19.0 Å². The van der Waals surface area contributed by atoms with Crippen molar-refractivity contribution in [1.82, 2.24) is 0 Å². The summed E-state index contributed by atoms with van der Waals surface area (Å²) in [6.45, 7) is -0.193. The van der Waals surface area contributed by atoms with Gasteiger partial charge in [0.2, 0.25) is 12.2 Å². The molecule has 140 valence electrons. The Morgan fingerprint density at radius 3 is 2.61 bits per heavy atom. The summed E-state index contributed by atoms with van der Waals surface area (Å²) >= 11 is 0. The van der Waals surface area contributed by atoms with Gasteiger partial charge < -0.3 is 15.2 Å². The Bertz CT molecular complexity index is 1020. The number of nitriles is 1. The van der Waals surface area contributed by atoms with E-state index in [9.17, 15) is 14.9 Å². The molecule has 1 amide bonds. The van der Waals surface area contributed by atoms with Crippen LogP contribution in [0.25, 0.3) is 0 Å². The van der Waals surface area contributed by atoms with Crippen LogP contribution in [0.1, 0.15) is 11.5 Å². The molecule has 0 fully saturated rings. The second-order valence-corrected chi connectivity index (χ2v) is 6.13. The maximum Gasteiger partial charge on any atom is 0.370 e. The molecule has 2 aromatic carbocycles. The van der Waals surface area contributed by atoms with Crippen LogP contribution in [0.5, 0.6) is 5.75 Å². The first-order valence-electron chi connectivity index (χ1n) is 8.51. The van der Waals surface area contributed by atoms with Crippen LogP contribution in [0, 0.1) is 11.3 Å². The highest BCUT2D eigenvalue weighted by Gasteiger charge is 2.31. The zero-order valence-corrected chi connectivity index (χ0v) is 15.1. The average Bonchev–Trinajstić information content (AvgIpc) is 3.03. The van der Waals surface area contributed by atoms with Gasteiger partial charge >= 0.3 is 5.97 Å². The van der Waals surface area contributed by atoms with E-state index < -0.39 is 11.9 Å². The third kappa shape index (κ3) is 4.07. The summed E-state index contributed by atoms with van der Waals surface area (Å²) in [4.78, 5) is 23.6. The first-order chi connectivity index (χ1) is 13.5. The average molecular weight is 376 g/mol. The Kier molecular flexibility index (Phi) is 5.51. The number of carbonyl (C=O) groups excluding carboxylic acids is 1. The highest BCUT2D eigenvalue weighted by atomic mass is 16.5. The number of methoxy groups -OCH3 is 1. The third-order valence-corrected chi connectivity index (χ3v) is 4.31. The number of benzene rings is 2. The predicted octanol–water partition coefficient (Wildman–Crippen LogP) is 2.68. The van der Waals surface area contributed by atoms with Crippen LogP contribution in [0.15, 0.2) is 60.2 Å². The second kappa shape index (κ2) is 8.18. The van der Waals surface area contributed by atoms with Crippen molar-refractivity contribution < 1.29 is 24.0 Å². The van der Waals surface area contributed by atoms with E-state index in [0.717, 1.165) is 11.3 Å². The number of hydrogen-bond donors (Lipinski definition) is 2. The zero-order chi connectivity index (χ0) is 20.1. The number of fused-ring (bicyclic) bond motifs is 1. The van der Waals surface area contributed by atoms with Gasteiger partial charge in [-0.1, -0.05) is 18.2 Å². The molecule has 1 aliphatic heterocycles. The molecule has 0 radical (unpaired) electrons. The molecule has 2 N–H and O–H groups in total. The van der Waals surface area contributed by atoms with Crippen molar-refractivity contribution in [3.63, 3.8) is 0 Å². The second-order valence-electron chi connectivity index (χ2n) is 6.13. The summed E-state index contributed by atoms with van der Waals surface area (Å²) < 4.78 is 6.68. The molecule has 0 spiro atoms. The maximum absolute atomic E-state index is 12.5. The normalized spacial score (nSPS) is 15.2. The van der Waals surface area contributed by atoms with E-state index in [2.05, 4.69) is 5.32 Å². The molecule has 1 aliphatic rings. The van der Waals surface area contributed by atoms with Crippen LogP contribution in [-0.4, -0.2) is 41.4 Å². The quantitative estimate of drug-likeness (QED) is 0.458. The van der Waals surface area contributed by atoms with Gasteiger partial charge in [0.1, 0.15) is 17.4 Å². The summed E-state index contributed by atoms with van der Waals surface area (Å²) in [6, 6.07) is 16.0. The molecule has 1 atom stereocenters. The number of anilines is 1. The minimum Gasteiger partial charge on any atom is -0.497 e. The van der Waals surface area contributed by atoms with Crippen molar-refractivity contribution in [3.8, 4) is 11.8 Å². The van der Waals surface area contributed by atoms with Crippen LogP contribution in [0.4, 0.5) is 11.4 Å². The molecule has 0 aromatic heterocycles. The molecule has 7 nitrogen and oxygen atoms in total. The fraction of sp³-hybridized carbons (Fsp3) is 0.143. The third-order valence-electron chi connectivity index (χ3n) is 4.31. The fourth-order valence-corrected chi connectivity index (χ4v) is 3.02. The Labute approximate surface area is 161 Å². The molecule has 3 rings (SSSR count). The van der Waals surface area contributed by atoms with Gasteiger partial charge in [-0.2, -0.15) is 9.84 Å². The van der Waals surface area contributed by atoms with Crippen LogP contribution in [-0.2, 0) is 9.59 Å². The Hall–Kier alpha value is -3.92. The predicted molar refractivity (Wildman–Crippen MR) is 103 cm³/mol. The number of nitrogens with zero attached hydrogens (tertiary/aromatic N) is 2. The van der Waals surface area contributed by atoms with Crippen LogP contribution < -0.4 is 10.1 Å². The molecule has 0 saturated carbocycles. The maximum atomic E-state index is 12.5. The molecule has 2 aromatic rings. The summed E-state index contributed by atoms with van der Waals surface area (Å²) in [7, 11) is 1.55. The summed E-state index contributed by atoms with van der Waals surface area (Å²) in [6.07, 6.45) is 3.25. The topological polar surface area (TPSA) is 102 Å². The van der Waals surface area contributed by atoms with Gasteiger partial charge in [0, 0.05) is 17.3 Å². The Morgan fingerprint density at radius 2 is 1.96 bits per heavy atom. The summed E-state index contributed by atoms with van der Waals surface area (Å²) in [5, 5.41) is 21.2. The van der Waals surface area contributed by atoms with Gasteiger partial charge in [-0.25, -0.2) is 4.79 Å². The lowest BCUT2D eigenvalue weighted by atomic mass is 9.98. The molecular weight excluding hydrogens is 358 g/mol. The van der Waals surface area contributed by atoms with Gasteiger partial charge in [0.05, 0.1) is 13.0 Å². The number of carbonyl (C=O) groups is 2. The van der Waals surface area contributed by atoms with Crippen LogP contribution in [0.2, 0.25) is 0 Å². The highest BCUT2D eigenvalue weighted by molar-refractivity contribution is 6.07. The van der Waals surface area contributed by atoms with Crippen molar-refractivity contribution in [2.45, 2.75) is 5.92 Å². The SMILES string of the molecule is COc1ccc(NC(=O)/C(C#N)=C\C2C=[N+](CC(=O)O)c3ccccc32)cc1. The van der Waals surface area contributed by atoms with E-state index in [1.165, 1.54) is 0 Å². The van der Waals surface area contributed by atoms with Gasteiger partial charge in [-0.3, -0.25) is 4.79 Å². The molecule has 0 aliphatic carbocycles. The summed E-state index contributed by atoms with van der Waals surface area (Å²) in [5.74, 6) is -1.21. The molecule has 0 saturated heterocycles. The summed E-state index contributed by atoms with van der Waals surface area (Å²) in [5.41, 5.74) is 2.08. The standard InChI is InChI=1S/C21H17N3O4/c1-28-17-8-6-16(7-9-17)23-21(27)14(11-22)10-15-12-24(13-20(25)26)19-5-3-2-4-18(15)19/h2-10,12,15H,13H2,1H3,(H-,23,25,26,27)/p+1/b14-10-. The molecule has 0 bridgehead atoms. The zero-order valence-electron chi connectivity index (χ0n) is 15.1. The van der Waals surface area contributed by atoms with Crippen LogP contribution >= 0.6 is 0 Å². The number of amides is 1. The highest BCUT2D eigenvalue weighted by Crippen LogP contribution is 2.33. The Morgan fingerprint density at radius 1 is 1.25 bits per heavy atom. The molecular formula is C21H18N3O4+. The number of carboxylic acid groups (broad SMARTS) is 1. The number of para-hydroxylation sites is 1. The smallest absolute Gasteiger partial charge is 0.370 e. The van der Waals surface area contributed by atoms with Crippen LogP contribution in [0.3, 0.4) is 0 Å². The lowest BCUT2D eigenvalue weighted by molar-refractivity contribution is -0.423. The van der Waals surface area contributed by atoms with Crippen molar-refractivity contribution in [1.29, 1.82) is 5.26 Å². The van der Waals surface area contributed by atoms with Gasteiger partial charge in [-0.05, 0) is 30.3 Å². The van der Waals surface area contributed by atoms with E-state index in [-0.39, 0.29) is 18.0 Å². The van der Waals surface area contributed by atoms with E-state index in [1.807, 2.05) is 30.3 Å². The number of rotatable bonds is 6. The van der Waals surface area contributed by atoms with E-state index >= 15 is 0 Å². The van der Waals surface area contributed by atoms with Crippen molar-refractivity contribution in [3.05, 3.63) is 65.7 Å². The number of ether oxygens (including phenoxy) is 1. The van der Waals surface area contributed by atoms with Crippen molar-refractivity contribution in [2.24, 2.45) is 0 Å². The largest absolute Gasteiger partial charge is 0.497 e. The molecule has 7 heteroatoms. The van der Waals surface area contributed by atoms with Gasteiger partial charge in [0.15, 0.2) is 6.21 Å². The van der Waals surface area contributed by atoms with Crippen molar-refractivity contribution >= 4 is 29.5 Å². The number of aliphatic carboxylic acids is 1. The molecule has 28 heavy (non-hydrogen) atoms. The van der Waals surface area contributed by atoms with E-state index in [4.69, 9.17) is 9.84 Å². The van der Waals surface area contributed by atoms with Gasteiger partial charge in [0.25, 0.3) is 5.91 Å². The molecule has 1 heterocycles. The lowest BCUT2D eigenvalue weighted by Gasteiger charge is -2.06. The van der Waals surface area contributed by atoms with Gasteiger partial charge in [-0.15, -0.1) is 0 Å². The minimum atomic E-state index is -0.964. The molecule has 1 unspecified atom stereocenters. The number of hydrogen-bond acceptors (Lipinski definition) is 4. The van der Waals surface area contributed by atoms with E-state index in [1.54, 1.807) is 48.2 Å².